The van der Waals surface area contributed by atoms with Crippen molar-refractivity contribution in [2.45, 2.75) is 6.10 Å². The van der Waals surface area contributed by atoms with Gasteiger partial charge in [0, 0.05) is 12.7 Å². The summed E-state index contributed by atoms with van der Waals surface area (Å²) in [6.45, 7) is 0.0833. The molecule has 0 aliphatic rings. The molecule has 0 radical (unpaired) electrons. The highest BCUT2D eigenvalue weighted by Crippen LogP contribution is 2.22. The summed E-state index contributed by atoms with van der Waals surface area (Å²) in [6, 6.07) is 0. The third-order valence-electron chi connectivity index (χ3n) is 0.646. The van der Waals surface area contributed by atoms with E-state index in [1.54, 1.807) is 0 Å². The molecular formula is C3H10NO3P. The Morgan fingerprint density at radius 2 is 2.00 bits per heavy atom. The SMILES string of the molecule is NC[C@H](O)CP(O)O. The van der Waals surface area contributed by atoms with Crippen molar-refractivity contribution in [1.29, 1.82) is 0 Å². The molecule has 0 aliphatic carbocycles. The lowest BCUT2D eigenvalue weighted by Crippen LogP contribution is -2.22. The zero-order chi connectivity index (χ0) is 6.57. The molecule has 0 rings (SSSR count). The highest BCUT2D eigenvalue weighted by molar-refractivity contribution is 7.45. The largest absolute Gasteiger partial charge is 0.391 e. The monoisotopic (exact) mass is 139 g/mol. The minimum absolute atomic E-state index is 0.00810. The fourth-order valence-electron chi connectivity index (χ4n) is 0.263. The van der Waals surface area contributed by atoms with Gasteiger partial charge >= 0.3 is 0 Å². The van der Waals surface area contributed by atoms with Gasteiger partial charge in [-0.25, -0.2) is 0 Å². The van der Waals surface area contributed by atoms with E-state index in [4.69, 9.17) is 20.6 Å². The van der Waals surface area contributed by atoms with Gasteiger partial charge < -0.3 is 20.6 Å². The van der Waals surface area contributed by atoms with Gasteiger partial charge in [-0.2, -0.15) is 0 Å². The van der Waals surface area contributed by atoms with E-state index in [0.717, 1.165) is 0 Å². The van der Waals surface area contributed by atoms with Crippen LogP contribution in [0, 0.1) is 0 Å². The van der Waals surface area contributed by atoms with E-state index >= 15 is 0 Å². The van der Waals surface area contributed by atoms with Crippen LogP contribution in [-0.2, 0) is 0 Å². The van der Waals surface area contributed by atoms with Gasteiger partial charge in [0.05, 0.1) is 6.10 Å². The number of aliphatic hydroxyl groups excluding tert-OH is 1. The van der Waals surface area contributed by atoms with Gasteiger partial charge in [-0.1, -0.05) is 0 Å². The van der Waals surface area contributed by atoms with Crippen LogP contribution in [0.25, 0.3) is 0 Å². The number of hydrogen-bond acceptors (Lipinski definition) is 4. The Labute approximate surface area is 48.9 Å². The second kappa shape index (κ2) is 4.18. The molecule has 8 heavy (non-hydrogen) atoms. The molecule has 0 fully saturated rings. The van der Waals surface area contributed by atoms with Crippen LogP contribution in [0.15, 0.2) is 0 Å². The molecule has 0 spiro atoms. The van der Waals surface area contributed by atoms with E-state index in [-0.39, 0.29) is 12.7 Å². The average Bonchev–Trinajstić information content (AvgIpc) is 1.65. The fourth-order valence-corrected chi connectivity index (χ4v) is 0.789. The van der Waals surface area contributed by atoms with Crippen LogP contribution in [-0.4, -0.2) is 33.7 Å². The van der Waals surface area contributed by atoms with E-state index in [0.29, 0.717) is 0 Å². The van der Waals surface area contributed by atoms with Crippen molar-refractivity contribution in [3.63, 3.8) is 0 Å². The highest BCUT2D eigenvalue weighted by atomic mass is 31.2. The molecule has 1 atom stereocenters. The van der Waals surface area contributed by atoms with Crippen molar-refractivity contribution in [3.05, 3.63) is 0 Å². The third kappa shape index (κ3) is 4.43. The topological polar surface area (TPSA) is 86.7 Å². The summed E-state index contributed by atoms with van der Waals surface area (Å²) in [5, 5.41) is 8.60. The Morgan fingerprint density at radius 1 is 1.50 bits per heavy atom. The maximum atomic E-state index is 8.60. The smallest absolute Gasteiger partial charge is 0.167 e. The Balaban J connectivity index is 3.10. The predicted octanol–water partition coefficient (Wildman–Crippen LogP) is -1.40. The predicted molar refractivity (Wildman–Crippen MR) is 31.3 cm³/mol. The van der Waals surface area contributed by atoms with Crippen LogP contribution in [0.3, 0.4) is 0 Å². The quantitative estimate of drug-likeness (QED) is 0.362. The second-order valence-electron chi connectivity index (χ2n) is 1.44. The molecule has 0 aromatic rings. The molecule has 0 heterocycles. The molecule has 5 N–H and O–H groups in total. The van der Waals surface area contributed by atoms with Crippen LogP contribution in [0.2, 0.25) is 0 Å². The van der Waals surface area contributed by atoms with Gasteiger partial charge in [-0.15, -0.1) is 0 Å². The van der Waals surface area contributed by atoms with Crippen LogP contribution < -0.4 is 5.73 Å². The summed E-state index contributed by atoms with van der Waals surface area (Å²) >= 11 is 0. The Bertz CT molecular complexity index is 60.5. The van der Waals surface area contributed by atoms with Gasteiger partial charge in [0.15, 0.2) is 8.38 Å². The summed E-state index contributed by atoms with van der Waals surface area (Å²) in [4.78, 5) is 16.5. The summed E-state index contributed by atoms with van der Waals surface area (Å²) in [5.41, 5.74) is 4.96. The van der Waals surface area contributed by atoms with Gasteiger partial charge in [0.1, 0.15) is 0 Å². The molecule has 0 bridgehead atoms. The van der Waals surface area contributed by atoms with Crippen LogP contribution in [0.5, 0.6) is 0 Å². The lowest BCUT2D eigenvalue weighted by atomic mass is 10.4. The number of hydrogen-bond donors (Lipinski definition) is 4. The van der Waals surface area contributed by atoms with Crippen molar-refractivity contribution in [2.75, 3.05) is 12.7 Å². The van der Waals surface area contributed by atoms with E-state index in [2.05, 4.69) is 0 Å². The molecule has 0 saturated heterocycles. The maximum Gasteiger partial charge on any atom is 0.167 e. The minimum atomic E-state index is -1.98. The van der Waals surface area contributed by atoms with Crippen LogP contribution in [0.4, 0.5) is 0 Å². The number of rotatable bonds is 3. The lowest BCUT2D eigenvalue weighted by molar-refractivity contribution is 0.202. The van der Waals surface area contributed by atoms with Crippen molar-refractivity contribution in [1.82, 2.24) is 0 Å². The van der Waals surface area contributed by atoms with E-state index in [1.165, 1.54) is 0 Å². The first-order valence-electron chi connectivity index (χ1n) is 2.20. The Morgan fingerprint density at radius 3 is 2.12 bits per heavy atom. The second-order valence-corrected chi connectivity index (χ2v) is 2.55. The molecule has 5 heteroatoms. The first-order chi connectivity index (χ1) is 3.66. The van der Waals surface area contributed by atoms with Crippen LogP contribution >= 0.6 is 8.38 Å². The number of aliphatic hydroxyl groups is 1. The van der Waals surface area contributed by atoms with Gasteiger partial charge in [-0.3, -0.25) is 0 Å². The zero-order valence-corrected chi connectivity index (χ0v) is 5.25. The summed E-state index contributed by atoms with van der Waals surface area (Å²) in [5.74, 6) is 0. The van der Waals surface area contributed by atoms with Crippen molar-refractivity contribution >= 4 is 8.38 Å². The molecule has 0 aliphatic heterocycles. The molecule has 0 saturated carbocycles. The molecular weight excluding hydrogens is 129 g/mol. The molecule has 4 nitrogen and oxygen atoms in total. The van der Waals surface area contributed by atoms with Crippen molar-refractivity contribution in [2.24, 2.45) is 5.73 Å². The normalized spacial score (nSPS) is 14.6. The summed E-state index contributed by atoms with van der Waals surface area (Å²) in [6.07, 6.45) is -0.776. The molecule has 0 amide bonds. The van der Waals surface area contributed by atoms with Gasteiger partial charge in [0.25, 0.3) is 0 Å². The fraction of sp³-hybridized carbons (Fsp3) is 1.00. The molecule has 0 aromatic heterocycles. The highest BCUT2D eigenvalue weighted by Gasteiger charge is 2.05. The lowest BCUT2D eigenvalue weighted by Gasteiger charge is -2.06. The first-order valence-corrected chi connectivity index (χ1v) is 3.63. The van der Waals surface area contributed by atoms with Crippen molar-refractivity contribution < 1.29 is 14.9 Å². The van der Waals surface area contributed by atoms with E-state index < -0.39 is 14.5 Å². The minimum Gasteiger partial charge on any atom is -0.391 e. The van der Waals surface area contributed by atoms with Gasteiger partial charge in [0.2, 0.25) is 0 Å². The standard InChI is InChI=1S/C3H10NO3P/c4-1-3(5)2-8(6)7/h3,5-7H,1-2,4H2/t3-/m0/s1. The molecule has 0 aromatic carbocycles. The van der Waals surface area contributed by atoms with Crippen LogP contribution in [0.1, 0.15) is 0 Å². The average molecular weight is 139 g/mol. The van der Waals surface area contributed by atoms with E-state index in [9.17, 15) is 0 Å². The van der Waals surface area contributed by atoms with Gasteiger partial charge in [-0.05, 0) is 0 Å². The molecule has 0 unspecified atom stereocenters. The van der Waals surface area contributed by atoms with Crippen molar-refractivity contribution in [3.8, 4) is 0 Å². The molecule has 50 valence electrons. The Hall–Kier alpha value is 0.270. The number of nitrogens with two attached hydrogens (primary N) is 1. The first kappa shape index (κ1) is 8.27. The summed E-state index contributed by atoms with van der Waals surface area (Å²) in [7, 11) is -1.98. The van der Waals surface area contributed by atoms with E-state index in [1.807, 2.05) is 0 Å². The zero-order valence-electron chi connectivity index (χ0n) is 4.36. The maximum absolute atomic E-state index is 8.60. The third-order valence-corrected chi connectivity index (χ3v) is 1.39. The summed E-state index contributed by atoms with van der Waals surface area (Å²) < 4.78 is 0. The Kier molecular flexibility index (Phi) is 4.32.